The van der Waals surface area contributed by atoms with Gasteiger partial charge in [-0.25, -0.2) is 18.1 Å². The number of hydrogen-bond acceptors (Lipinski definition) is 6. The zero-order valence-corrected chi connectivity index (χ0v) is 19.4. The molecule has 0 unspecified atom stereocenters. The lowest BCUT2D eigenvalue weighted by Gasteiger charge is -2.40. The summed E-state index contributed by atoms with van der Waals surface area (Å²) in [7, 11) is -3.32. The molecule has 1 aromatic heterocycles. The molecule has 4 rings (SSSR count). The Morgan fingerprint density at radius 1 is 1.09 bits per heavy atom. The Hall–Kier alpha value is -2.16. The van der Waals surface area contributed by atoms with E-state index < -0.39 is 10.0 Å². The van der Waals surface area contributed by atoms with Crippen LogP contribution in [0.15, 0.2) is 48.7 Å². The van der Waals surface area contributed by atoms with E-state index in [1.807, 2.05) is 4.90 Å². The molecule has 7 nitrogen and oxygen atoms in total. The van der Waals surface area contributed by atoms with Crippen molar-refractivity contribution in [2.75, 3.05) is 30.9 Å². The summed E-state index contributed by atoms with van der Waals surface area (Å²) in [5.41, 5.74) is 1.40. The largest absolute Gasteiger partial charge is 0.504 e. The van der Waals surface area contributed by atoms with Crippen molar-refractivity contribution < 1.29 is 18.3 Å². The van der Waals surface area contributed by atoms with Crippen LogP contribution in [0.5, 0.6) is 5.75 Å². The Balaban J connectivity index is 1.36. The van der Waals surface area contributed by atoms with Crippen LogP contribution >= 0.6 is 0 Å². The lowest BCUT2D eigenvalue weighted by molar-refractivity contribution is -0.00216. The van der Waals surface area contributed by atoms with Gasteiger partial charge in [-0.1, -0.05) is 30.3 Å². The average molecular weight is 460 g/mol. The van der Waals surface area contributed by atoms with E-state index in [1.165, 1.54) is 11.8 Å². The molecule has 1 saturated carbocycles. The van der Waals surface area contributed by atoms with E-state index in [4.69, 9.17) is 4.74 Å². The Bertz CT molecular complexity index is 978. The number of ether oxygens (including phenoxy) is 1. The molecule has 0 bridgehead atoms. The van der Waals surface area contributed by atoms with Gasteiger partial charge in [-0.05, 0) is 55.7 Å². The van der Waals surface area contributed by atoms with E-state index >= 15 is 0 Å². The molecule has 8 heteroatoms. The van der Waals surface area contributed by atoms with Crippen molar-refractivity contribution in [2.24, 2.45) is 5.92 Å². The molecule has 2 aromatic rings. The quantitative estimate of drug-likeness (QED) is 0.660. The van der Waals surface area contributed by atoms with E-state index in [1.54, 1.807) is 18.3 Å². The number of hydrogen-bond donors (Lipinski definition) is 2. The number of benzene rings is 1. The van der Waals surface area contributed by atoms with Crippen LogP contribution in [0.1, 0.15) is 43.6 Å². The number of anilines is 1. The van der Waals surface area contributed by atoms with Crippen LogP contribution in [-0.4, -0.2) is 56.6 Å². The molecule has 0 amide bonds. The third-order valence-electron chi connectivity index (χ3n) is 6.66. The van der Waals surface area contributed by atoms with Gasteiger partial charge in [0.15, 0.2) is 11.6 Å². The van der Waals surface area contributed by atoms with Crippen molar-refractivity contribution in [3.05, 3.63) is 54.2 Å². The highest BCUT2D eigenvalue weighted by Gasteiger charge is 2.34. The van der Waals surface area contributed by atoms with Crippen LogP contribution in [0.2, 0.25) is 0 Å². The molecule has 0 spiro atoms. The van der Waals surface area contributed by atoms with Gasteiger partial charge in [0, 0.05) is 31.2 Å². The van der Waals surface area contributed by atoms with Gasteiger partial charge < -0.3 is 14.7 Å². The smallest absolute Gasteiger partial charge is 0.208 e. The summed E-state index contributed by atoms with van der Waals surface area (Å²) in [5, 5.41) is 10.2. The highest BCUT2D eigenvalue weighted by molar-refractivity contribution is 7.88. The van der Waals surface area contributed by atoms with Gasteiger partial charge in [0.1, 0.15) is 0 Å². The zero-order valence-electron chi connectivity index (χ0n) is 18.6. The molecule has 2 aliphatic rings. The summed E-state index contributed by atoms with van der Waals surface area (Å²) in [6, 6.07) is 13.8. The molecular formula is C24H33N3O4S. The summed E-state index contributed by atoms with van der Waals surface area (Å²) < 4.78 is 32.9. The molecule has 1 aliphatic heterocycles. The highest BCUT2D eigenvalue weighted by atomic mass is 32.2. The van der Waals surface area contributed by atoms with E-state index in [0.717, 1.165) is 25.7 Å². The topological polar surface area (TPSA) is 91.8 Å². The summed E-state index contributed by atoms with van der Waals surface area (Å²) in [4.78, 5) is 6.34. The first-order chi connectivity index (χ1) is 15.4. The van der Waals surface area contributed by atoms with Crippen molar-refractivity contribution in [2.45, 2.75) is 50.2 Å². The summed E-state index contributed by atoms with van der Waals surface area (Å²) in [6.45, 7) is 1.69. The van der Waals surface area contributed by atoms with Gasteiger partial charge in [0.05, 0.1) is 19.0 Å². The van der Waals surface area contributed by atoms with Crippen LogP contribution < -0.4 is 9.62 Å². The van der Waals surface area contributed by atoms with Crippen LogP contribution in [-0.2, 0) is 14.8 Å². The molecule has 32 heavy (non-hydrogen) atoms. The van der Waals surface area contributed by atoms with Crippen LogP contribution in [0.4, 0.5) is 5.82 Å². The fourth-order valence-corrected chi connectivity index (χ4v) is 5.86. The maximum Gasteiger partial charge on any atom is 0.208 e. The molecule has 2 fully saturated rings. The molecule has 1 aromatic carbocycles. The van der Waals surface area contributed by atoms with Gasteiger partial charge in [-0.15, -0.1) is 0 Å². The third-order valence-corrected chi connectivity index (χ3v) is 7.39. The first-order valence-corrected chi connectivity index (χ1v) is 13.3. The first kappa shape index (κ1) is 23.0. The van der Waals surface area contributed by atoms with E-state index in [-0.39, 0.29) is 23.8 Å². The van der Waals surface area contributed by atoms with Crippen molar-refractivity contribution in [1.29, 1.82) is 0 Å². The van der Waals surface area contributed by atoms with E-state index in [0.29, 0.717) is 37.9 Å². The minimum atomic E-state index is -3.32. The third kappa shape index (κ3) is 5.99. The number of nitrogens with zero attached hydrogens (tertiary/aromatic N) is 2. The maximum absolute atomic E-state index is 11.9. The second-order valence-electron chi connectivity index (χ2n) is 9.06. The number of nitrogens with one attached hydrogen (secondary N) is 1. The minimum absolute atomic E-state index is 0.0215. The molecule has 2 N–H and O–H groups in total. The van der Waals surface area contributed by atoms with Crippen LogP contribution in [0.3, 0.4) is 0 Å². The van der Waals surface area contributed by atoms with E-state index in [2.05, 4.69) is 40.0 Å². The average Bonchev–Trinajstić information content (AvgIpc) is 2.79. The molecule has 0 radical (unpaired) electrons. The Morgan fingerprint density at radius 2 is 1.84 bits per heavy atom. The number of aromatic nitrogens is 1. The monoisotopic (exact) mass is 459 g/mol. The number of pyridine rings is 1. The fourth-order valence-electron chi connectivity index (χ4n) is 5.00. The number of rotatable bonds is 7. The zero-order chi connectivity index (χ0) is 22.6. The number of sulfonamides is 1. The maximum atomic E-state index is 11.9. The van der Waals surface area contributed by atoms with Crippen molar-refractivity contribution in [3.8, 4) is 5.75 Å². The minimum Gasteiger partial charge on any atom is -0.504 e. The predicted octanol–water partition coefficient (Wildman–Crippen LogP) is 3.27. The molecular weight excluding hydrogens is 426 g/mol. The first-order valence-electron chi connectivity index (χ1n) is 11.4. The molecule has 2 heterocycles. The Labute approximate surface area is 190 Å². The molecule has 1 saturated heterocycles. The standard InChI is InChI=1S/C24H33N3O4S/c1-32(29,30)26-22-13-15-27(24-23(28)8-5-14-25-24)16-20(22)17-31-21-11-9-19(10-12-21)18-6-3-2-4-7-18/h2-8,14,19-22,26,28H,9-13,15-17H2,1H3/t19?,20-,21?,22-/m0/s1. The van der Waals surface area contributed by atoms with Gasteiger partial charge in [0.2, 0.25) is 10.0 Å². The highest BCUT2D eigenvalue weighted by Crippen LogP contribution is 2.35. The lowest BCUT2D eigenvalue weighted by Crippen LogP contribution is -2.52. The normalized spacial score (nSPS) is 26.7. The second kappa shape index (κ2) is 10.2. The van der Waals surface area contributed by atoms with Crippen molar-refractivity contribution >= 4 is 15.8 Å². The summed E-state index contributed by atoms with van der Waals surface area (Å²) in [5.74, 6) is 1.25. The van der Waals surface area contributed by atoms with Crippen molar-refractivity contribution in [1.82, 2.24) is 9.71 Å². The van der Waals surface area contributed by atoms with Gasteiger partial charge in [-0.2, -0.15) is 0 Å². The van der Waals surface area contributed by atoms with Gasteiger partial charge >= 0.3 is 0 Å². The SMILES string of the molecule is CS(=O)(=O)N[C@H]1CCN(c2ncccc2O)C[C@H]1COC1CCC(c2ccccc2)CC1. The molecule has 2 atom stereocenters. The second-order valence-corrected chi connectivity index (χ2v) is 10.8. The molecule has 174 valence electrons. The van der Waals surface area contributed by atoms with Crippen LogP contribution in [0.25, 0.3) is 0 Å². The van der Waals surface area contributed by atoms with Gasteiger partial charge in [-0.3, -0.25) is 0 Å². The number of piperidine rings is 1. The summed E-state index contributed by atoms with van der Waals surface area (Å²) in [6.07, 6.45) is 7.95. The Morgan fingerprint density at radius 3 is 2.53 bits per heavy atom. The van der Waals surface area contributed by atoms with Gasteiger partial charge in [0.25, 0.3) is 0 Å². The lowest BCUT2D eigenvalue weighted by atomic mass is 9.82. The number of aromatic hydroxyl groups is 1. The molecule has 1 aliphatic carbocycles. The van der Waals surface area contributed by atoms with E-state index in [9.17, 15) is 13.5 Å². The fraction of sp³-hybridized carbons (Fsp3) is 0.542. The Kier molecular flexibility index (Phi) is 7.33. The predicted molar refractivity (Wildman–Crippen MR) is 125 cm³/mol. The summed E-state index contributed by atoms with van der Waals surface area (Å²) >= 11 is 0. The van der Waals surface area contributed by atoms with Crippen LogP contribution in [0, 0.1) is 5.92 Å². The van der Waals surface area contributed by atoms with Crippen molar-refractivity contribution in [3.63, 3.8) is 0 Å².